The molecule has 0 bridgehead atoms. The highest BCUT2D eigenvalue weighted by Crippen LogP contribution is 2.23. The van der Waals surface area contributed by atoms with E-state index in [1.54, 1.807) is 24.3 Å². The number of halogens is 1. The number of primary amides is 1. The summed E-state index contributed by atoms with van der Waals surface area (Å²) in [5, 5.41) is 13.0. The number of nitrogens with two attached hydrogens (primary N) is 2. The standard InChI is InChI=1S/C26H28FN3O4/c1-15-3-9-20(16(2)11-15)26(33)34-14-17-4-6-18(7-5-17)22(13-28)25(32)30-19-8-10-21(24(29)31)23(27)12-19/h3-12,22,26,33H,13-14,28H2,1-2H3,(H2,29,31)(H,30,32). The van der Waals surface area contributed by atoms with Crippen LogP contribution in [-0.4, -0.2) is 23.5 Å². The van der Waals surface area contributed by atoms with Crippen molar-refractivity contribution in [3.8, 4) is 0 Å². The summed E-state index contributed by atoms with van der Waals surface area (Å²) in [6.07, 6.45) is -1.05. The van der Waals surface area contributed by atoms with Crippen LogP contribution < -0.4 is 16.8 Å². The molecule has 7 nitrogen and oxygen atoms in total. The zero-order valence-electron chi connectivity index (χ0n) is 19.0. The predicted molar refractivity (Wildman–Crippen MR) is 127 cm³/mol. The average Bonchev–Trinajstić information content (AvgIpc) is 2.78. The molecule has 0 aliphatic carbocycles. The molecule has 2 amide bonds. The number of amides is 2. The molecule has 6 N–H and O–H groups in total. The molecule has 2 atom stereocenters. The first-order valence-corrected chi connectivity index (χ1v) is 10.8. The Hall–Kier alpha value is -3.59. The Kier molecular flexibility index (Phi) is 8.12. The van der Waals surface area contributed by atoms with Gasteiger partial charge in [0.15, 0.2) is 6.29 Å². The van der Waals surface area contributed by atoms with Crippen LogP contribution in [0.1, 0.15) is 50.4 Å². The molecule has 3 aromatic rings. The van der Waals surface area contributed by atoms with Crippen LogP contribution in [0.2, 0.25) is 0 Å². The quantitative estimate of drug-likeness (QED) is 0.360. The Morgan fingerprint density at radius 2 is 1.76 bits per heavy atom. The smallest absolute Gasteiger partial charge is 0.251 e. The summed E-state index contributed by atoms with van der Waals surface area (Å²) in [5.74, 6) is -2.79. The maximum Gasteiger partial charge on any atom is 0.251 e. The van der Waals surface area contributed by atoms with Crippen molar-refractivity contribution in [3.05, 3.63) is 99.9 Å². The van der Waals surface area contributed by atoms with Gasteiger partial charge < -0.3 is 26.6 Å². The molecule has 3 aromatic carbocycles. The van der Waals surface area contributed by atoms with Gasteiger partial charge in [0.2, 0.25) is 5.91 Å². The van der Waals surface area contributed by atoms with Crippen molar-refractivity contribution in [1.29, 1.82) is 0 Å². The number of anilines is 1. The number of aliphatic hydroxyl groups excluding tert-OH is 1. The minimum absolute atomic E-state index is 0.0367. The molecule has 0 heterocycles. The number of benzene rings is 3. The monoisotopic (exact) mass is 465 g/mol. The molecule has 178 valence electrons. The van der Waals surface area contributed by atoms with Gasteiger partial charge in [-0.25, -0.2) is 4.39 Å². The highest BCUT2D eigenvalue weighted by atomic mass is 19.1. The van der Waals surface area contributed by atoms with Crippen molar-refractivity contribution in [2.24, 2.45) is 11.5 Å². The van der Waals surface area contributed by atoms with Gasteiger partial charge in [-0.1, -0.05) is 48.0 Å². The fraction of sp³-hybridized carbons (Fsp3) is 0.231. The molecule has 3 rings (SSSR count). The molecule has 0 fully saturated rings. The number of aryl methyl sites for hydroxylation is 2. The Balaban J connectivity index is 1.63. The maximum absolute atomic E-state index is 14.0. The van der Waals surface area contributed by atoms with Crippen LogP contribution in [0.4, 0.5) is 10.1 Å². The number of hydrogen-bond acceptors (Lipinski definition) is 5. The lowest BCUT2D eigenvalue weighted by atomic mass is 9.97. The molecular weight excluding hydrogens is 437 g/mol. The van der Waals surface area contributed by atoms with E-state index in [2.05, 4.69) is 5.32 Å². The predicted octanol–water partition coefficient (Wildman–Crippen LogP) is 3.43. The first-order chi connectivity index (χ1) is 16.2. The summed E-state index contributed by atoms with van der Waals surface area (Å²) in [6, 6.07) is 16.5. The van der Waals surface area contributed by atoms with E-state index in [1.165, 1.54) is 12.1 Å². The largest absolute Gasteiger partial charge is 0.366 e. The number of aliphatic hydroxyl groups is 1. The molecule has 34 heavy (non-hydrogen) atoms. The first-order valence-electron chi connectivity index (χ1n) is 10.8. The normalized spacial score (nSPS) is 12.7. The highest BCUT2D eigenvalue weighted by molar-refractivity contribution is 5.97. The Morgan fingerprint density at radius 1 is 1.06 bits per heavy atom. The summed E-state index contributed by atoms with van der Waals surface area (Å²) in [4.78, 5) is 23.9. The molecule has 0 aliphatic heterocycles. The zero-order valence-corrected chi connectivity index (χ0v) is 19.0. The number of carbonyl (C=O) groups is 2. The fourth-order valence-electron chi connectivity index (χ4n) is 3.63. The van der Waals surface area contributed by atoms with Crippen LogP contribution in [0.5, 0.6) is 0 Å². The average molecular weight is 466 g/mol. The van der Waals surface area contributed by atoms with Crippen molar-refractivity contribution < 1.29 is 23.8 Å². The van der Waals surface area contributed by atoms with Crippen molar-refractivity contribution in [1.82, 2.24) is 0 Å². The van der Waals surface area contributed by atoms with Crippen LogP contribution in [0.25, 0.3) is 0 Å². The summed E-state index contributed by atoms with van der Waals surface area (Å²) in [5.41, 5.74) is 15.1. The second kappa shape index (κ2) is 11.0. The zero-order chi connectivity index (χ0) is 24.8. The number of nitrogens with one attached hydrogen (secondary N) is 1. The first kappa shape index (κ1) is 25.0. The van der Waals surface area contributed by atoms with E-state index >= 15 is 0 Å². The molecule has 8 heteroatoms. The topological polar surface area (TPSA) is 128 Å². The lowest BCUT2D eigenvalue weighted by molar-refractivity contribution is -0.117. The van der Waals surface area contributed by atoms with Crippen molar-refractivity contribution in [2.75, 3.05) is 11.9 Å². The van der Waals surface area contributed by atoms with Gasteiger partial charge >= 0.3 is 0 Å². The van der Waals surface area contributed by atoms with E-state index < -0.39 is 29.8 Å². The van der Waals surface area contributed by atoms with Gasteiger partial charge in [-0.15, -0.1) is 0 Å². The van der Waals surface area contributed by atoms with Crippen molar-refractivity contribution >= 4 is 17.5 Å². The summed E-state index contributed by atoms with van der Waals surface area (Å²) >= 11 is 0. The van der Waals surface area contributed by atoms with Gasteiger partial charge in [-0.2, -0.15) is 0 Å². The molecule has 0 saturated heterocycles. The summed E-state index contributed by atoms with van der Waals surface area (Å²) < 4.78 is 19.6. The molecule has 0 aliphatic rings. The molecule has 2 unspecified atom stereocenters. The van der Waals surface area contributed by atoms with Crippen LogP contribution in [0.15, 0.2) is 60.7 Å². The van der Waals surface area contributed by atoms with E-state index in [4.69, 9.17) is 16.2 Å². The second-order valence-corrected chi connectivity index (χ2v) is 8.10. The van der Waals surface area contributed by atoms with E-state index in [0.717, 1.165) is 22.8 Å². The van der Waals surface area contributed by atoms with Gasteiger partial charge in [0.25, 0.3) is 5.91 Å². The van der Waals surface area contributed by atoms with Gasteiger partial charge in [0, 0.05) is 17.8 Å². The molecule has 0 saturated carbocycles. The van der Waals surface area contributed by atoms with Crippen molar-refractivity contribution in [3.63, 3.8) is 0 Å². The maximum atomic E-state index is 14.0. The number of carbonyl (C=O) groups excluding carboxylic acids is 2. The highest BCUT2D eigenvalue weighted by Gasteiger charge is 2.20. The molecule has 0 aromatic heterocycles. The SMILES string of the molecule is Cc1ccc(C(O)OCc2ccc(C(CN)C(=O)Nc3ccc(C(N)=O)c(F)c3)cc2)c(C)c1. The van der Waals surface area contributed by atoms with E-state index in [-0.39, 0.29) is 24.4 Å². The summed E-state index contributed by atoms with van der Waals surface area (Å²) in [7, 11) is 0. The van der Waals surface area contributed by atoms with Gasteiger partial charge in [0.1, 0.15) is 5.82 Å². The lowest BCUT2D eigenvalue weighted by Crippen LogP contribution is -2.27. The Morgan fingerprint density at radius 3 is 2.35 bits per heavy atom. The number of rotatable bonds is 9. The van der Waals surface area contributed by atoms with E-state index in [9.17, 15) is 19.1 Å². The fourth-order valence-corrected chi connectivity index (χ4v) is 3.63. The van der Waals surface area contributed by atoms with Crippen molar-refractivity contribution in [2.45, 2.75) is 32.7 Å². The van der Waals surface area contributed by atoms with Crippen LogP contribution >= 0.6 is 0 Å². The number of hydrogen-bond donors (Lipinski definition) is 4. The molecule has 0 spiro atoms. The van der Waals surface area contributed by atoms with Gasteiger partial charge in [-0.05, 0) is 48.7 Å². The van der Waals surface area contributed by atoms with Crippen LogP contribution in [-0.2, 0) is 16.1 Å². The van der Waals surface area contributed by atoms with Crippen LogP contribution in [0, 0.1) is 19.7 Å². The van der Waals surface area contributed by atoms with Gasteiger partial charge in [0.05, 0.1) is 18.1 Å². The third-order valence-electron chi connectivity index (χ3n) is 5.54. The minimum atomic E-state index is -1.05. The number of ether oxygens (including phenoxy) is 1. The van der Waals surface area contributed by atoms with Crippen LogP contribution in [0.3, 0.4) is 0 Å². The van der Waals surface area contributed by atoms with Gasteiger partial charge in [-0.3, -0.25) is 9.59 Å². The second-order valence-electron chi connectivity index (χ2n) is 8.10. The summed E-state index contributed by atoms with van der Waals surface area (Å²) in [6.45, 7) is 4.12. The third-order valence-corrected chi connectivity index (χ3v) is 5.54. The third kappa shape index (κ3) is 6.05. The molecule has 0 radical (unpaired) electrons. The lowest BCUT2D eigenvalue weighted by Gasteiger charge is -2.17. The Labute approximate surface area is 197 Å². The minimum Gasteiger partial charge on any atom is -0.366 e. The van der Waals surface area contributed by atoms with E-state index in [0.29, 0.717) is 11.1 Å². The molecular formula is C26H28FN3O4. The van der Waals surface area contributed by atoms with E-state index in [1.807, 2.05) is 32.0 Å². The Bertz CT molecular complexity index is 1180.